The number of likely N-dealkylation sites (tertiary alicyclic amines) is 1. The summed E-state index contributed by atoms with van der Waals surface area (Å²) < 4.78 is 1.64. The van der Waals surface area contributed by atoms with E-state index in [1.54, 1.807) is 4.68 Å². The fraction of sp³-hybridized carbons (Fsp3) is 0.792. The van der Waals surface area contributed by atoms with Crippen LogP contribution in [0.5, 0.6) is 0 Å². The maximum Gasteiger partial charge on any atom is 0.248 e. The number of rotatable bonds is 6. The van der Waals surface area contributed by atoms with Gasteiger partial charge in [-0.05, 0) is 49.9 Å². The van der Waals surface area contributed by atoms with E-state index in [2.05, 4.69) is 21.7 Å². The lowest BCUT2D eigenvalue weighted by Gasteiger charge is -2.34. The van der Waals surface area contributed by atoms with Crippen LogP contribution in [0.15, 0.2) is 6.20 Å². The van der Waals surface area contributed by atoms with Crippen molar-refractivity contribution in [1.29, 1.82) is 5.26 Å². The molecule has 2 saturated carbocycles. The van der Waals surface area contributed by atoms with Gasteiger partial charge in [0.2, 0.25) is 11.8 Å². The number of hydrogen-bond donors (Lipinski definition) is 2. The first kappa shape index (κ1) is 23.7. The first-order valence-electron chi connectivity index (χ1n) is 12.2. The van der Waals surface area contributed by atoms with E-state index in [4.69, 9.17) is 5.26 Å². The van der Waals surface area contributed by atoms with Gasteiger partial charge in [-0.1, -0.05) is 26.0 Å². The Hall–Kier alpha value is -2.47. The van der Waals surface area contributed by atoms with Crippen LogP contribution < -0.4 is 5.32 Å². The third-order valence-corrected chi connectivity index (χ3v) is 7.30. The van der Waals surface area contributed by atoms with E-state index >= 15 is 0 Å². The van der Waals surface area contributed by atoms with Crippen molar-refractivity contribution in [3.63, 3.8) is 0 Å². The van der Waals surface area contributed by atoms with E-state index in [-0.39, 0.29) is 30.7 Å². The summed E-state index contributed by atoms with van der Waals surface area (Å²) in [7, 11) is 0. The highest BCUT2D eigenvalue weighted by Gasteiger charge is 2.45. The fourth-order valence-corrected chi connectivity index (χ4v) is 5.18. The van der Waals surface area contributed by atoms with Crippen molar-refractivity contribution in [2.75, 3.05) is 13.1 Å². The summed E-state index contributed by atoms with van der Waals surface area (Å²) >= 11 is 0. The molecule has 0 aromatic carbocycles. The molecule has 1 aromatic heterocycles. The van der Waals surface area contributed by atoms with Gasteiger partial charge in [-0.15, -0.1) is 5.10 Å². The molecule has 2 amide bonds. The highest BCUT2D eigenvalue weighted by Crippen LogP contribution is 2.40. The largest absolute Gasteiger partial charge is 0.391 e. The fourth-order valence-electron chi connectivity index (χ4n) is 5.18. The SMILES string of the molecule is CC(C)(C)[C@@H](C(=O)N1CC(O)CC1C(=O)NCC1CCC(C#N)CC1)n1cc(C2CC2)nn1. The molecule has 3 fully saturated rings. The first-order valence-corrected chi connectivity index (χ1v) is 12.2. The summed E-state index contributed by atoms with van der Waals surface area (Å²) in [4.78, 5) is 28.3. The number of aromatic nitrogens is 3. The van der Waals surface area contributed by atoms with Crippen LogP contribution in [0.3, 0.4) is 0 Å². The Morgan fingerprint density at radius 1 is 1.24 bits per heavy atom. The van der Waals surface area contributed by atoms with Gasteiger partial charge in [-0.2, -0.15) is 5.26 Å². The van der Waals surface area contributed by atoms with Crippen LogP contribution in [0, 0.1) is 28.6 Å². The monoisotopic (exact) mass is 456 g/mol. The first-order chi connectivity index (χ1) is 15.7. The summed E-state index contributed by atoms with van der Waals surface area (Å²) in [5.41, 5.74) is 0.471. The molecule has 0 bridgehead atoms. The molecule has 1 aromatic rings. The highest BCUT2D eigenvalue weighted by molar-refractivity contribution is 5.90. The van der Waals surface area contributed by atoms with Crippen molar-refractivity contribution in [1.82, 2.24) is 25.2 Å². The Bertz CT molecular complexity index is 904. The third kappa shape index (κ3) is 5.37. The maximum atomic E-state index is 13.7. The Labute approximate surface area is 195 Å². The standard InChI is InChI=1S/C24H36N6O3/c1-24(2,3)21(30-14-19(27-28-30)17-8-9-17)23(33)29-13-18(31)10-20(29)22(32)26-12-16-6-4-15(11-25)5-7-16/h14-18,20-21,31H,4-10,12-13H2,1-3H3,(H,26,32)/t15?,16?,18?,20?,21-/m1/s1. The molecule has 0 spiro atoms. The second-order valence-corrected chi connectivity index (χ2v) is 11.2. The van der Waals surface area contributed by atoms with E-state index in [9.17, 15) is 14.7 Å². The molecular formula is C24H36N6O3. The molecular weight excluding hydrogens is 420 g/mol. The number of aliphatic hydroxyl groups is 1. The number of aliphatic hydroxyl groups excluding tert-OH is 1. The molecule has 180 valence electrons. The van der Waals surface area contributed by atoms with E-state index in [1.807, 2.05) is 27.0 Å². The second kappa shape index (κ2) is 9.41. The molecule has 2 heterocycles. The van der Waals surface area contributed by atoms with E-state index < -0.39 is 23.6 Å². The van der Waals surface area contributed by atoms with Crippen LogP contribution in [0.2, 0.25) is 0 Å². The molecule has 2 unspecified atom stereocenters. The minimum Gasteiger partial charge on any atom is -0.391 e. The van der Waals surface area contributed by atoms with E-state index in [1.165, 1.54) is 4.90 Å². The molecule has 9 heteroatoms. The molecule has 0 radical (unpaired) electrons. The average Bonchev–Trinajstić information content (AvgIpc) is 3.38. The van der Waals surface area contributed by atoms with E-state index in [0.29, 0.717) is 18.4 Å². The van der Waals surface area contributed by atoms with Gasteiger partial charge < -0.3 is 15.3 Å². The number of carbonyl (C=O) groups is 2. The zero-order chi connectivity index (χ0) is 23.8. The number of nitrogens with one attached hydrogen (secondary N) is 1. The van der Waals surface area contributed by atoms with Crippen LogP contribution in [0.25, 0.3) is 0 Å². The van der Waals surface area contributed by atoms with Crippen LogP contribution in [0.4, 0.5) is 0 Å². The van der Waals surface area contributed by atoms with Crippen molar-refractivity contribution in [3.05, 3.63) is 11.9 Å². The second-order valence-electron chi connectivity index (χ2n) is 11.2. The quantitative estimate of drug-likeness (QED) is 0.676. The average molecular weight is 457 g/mol. The summed E-state index contributed by atoms with van der Waals surface area (Å²) in [5.74, 6) is 0.493. The van der Waals surface area contributed by atoms with Crippen LogP contribution in [0.1, 0.15) is 83.4 Å². The number of nitriles is 1. The lowest BCUT2D eigenvalue weighted by Crippen LogP contribution is -2.51. The van der Waals surface area contributed by atoms with Gasteiger partial charge in [0.25, 0.3) is 0 Å². The van der Waals surface area contributed by atoms with Gasteiger partial charge in [-0.3, -0.25) is 9.59 Å². The van der Waals surface area contributed by atoms with Crippen LogP contribution >= 0.6 is 0 Å². The molecule has 2 aliphatic carbocycles. The van der Waals surface area contributed by atoms with Crippen molar-refractivity contribution in [2.24, 2.45) is 17.3 Å². The van der Waals surface area contributed by atoms with Gasteiger partial charge in [0.05, 0.1) is 17.9 Å². The zero-order valence-corrected chi connectivity index (χ0v) is 19.9. The van der Waals surface area contributed by atoms with Gasteiger partial charge in [0, 0.05) is 37.5 Å². The van der Waals surface area contributed by atoms with Crippen LogP contribution in [-0.2, 0) is 9.59 Å². The van der Waals surface area contributed by atoms with Crippen molar-refractivity contribution in [3.8, 4) is 6.07 Å². The maximum absolute atomic E-state index is 13.7. The summed E-state index contributed by atoms with van der Waals surface area (Å²) in [6.07, 6.45) is 7.18. The lowest BCUT2D eigenvalue weighted by atomic mass is 9.83. The Balaban J connectivity index is 1.44. The summed E-state index contributed by atoms with van der Waals surface area (Å²) in [6.45, 7) is 6.62. The highest BCUT2D eigenvalue weighted by atomic mass is 16.3. The zero-order valence-electron chi connectivity index (χ0n) is 19.9. The van der Waals surface area contributed by atoms with Crippen LogP contribution in [-0.4, -0.2) is 62.0 Å². The molecule has 2 N–H and O–H groups in total. The smallest absolute Gasteiger partial charge is 0.248 e. The van der Waals surface area contributed by atoms with E-state index in [0.717, 1.165) is 44.2 Å². The number of β-amino-alcohol motifs (C(OH)–C–C–N with tert-alkyl or cyclic N) is 1. The topological polar surface area (TPSA) is 124 Å². The molecule has 3 atom stereocenters. The van der Waals surface area contributed by atoms with Crippen molar-refractivity contribution < 1.29 is 14.7 Å². The molecule has 3 aliphatic rings. The molecule has 1 saturated heterocycles. The number of hydrogen-bond acceptors (Lipinski definition) is 6. The predicted octanol–water partition coefficient (Wildman–Crippen LogP) is 2.15. The minimum absolute atomic E-state index is 0.126. The third-order valence-electron chi connectivity index (χ3n) is 7.30. The minimum atomic E-state index is -0.728. The molecule has 1 aliphatic heterocycles. The normalized spacial score (nSPS) is 28.9. The van der Waals surface area contributed by atoms with Gasteiger partial charge in [-0.25, -0.2) is 4.68 Å². The van der Waals surface area contributed by atoms with Crippen molar-refractivity contribution in [2.45, 2.75) is 89.8 Å². The van der Waals surface area contributed by atoms with Gasteiger partial charge in [0.15, 0.2) is 0 Å². The van der Waals surface area contributed by atoms with Crippen molar-refractivity contribution >= 4 is 11.8 Å². The summed E-state index contributed by atoms with van der Waals surface area (Å²) in [5, 5.41) is 31.0. The predicted molar refractivity (Wildman–Crippen MR) is 121 cm³/mol. The number of carbonyl (C=O) groups excluding carboxylic acids is 2. The summed E-state index contributed by atoms with van der Waals surface area (Å²) in [6, 6.07) is 1.03. The number of amides is 2. The Kier molecular flexibility index (Phi) is 6.76. The lowest BCUT2D eigenvalue weighted by molar-refractivity contribution is -0.144. The Morgan fingerprint density at radius 2 is 1.94 bits per heavy atom. The Morgan fingerprint density at radius 3 is 2.55 bits per heavy atom. The molecule has 33 heavy (non-hydrogen) atoms. The van der Waals surface area contributed by atoms with Gasteiger partial charge >= 0.3 is 0 Å². The molecule has 4 rings (SSSR count). The number of nitrogens with zero attached hydrogens (tertiary/aromatic N) is 5. The van der Waals surface area contributed by atoms with Gasteiger partial charge in [0.1, 0.15) is 12.1 Å². The molecule has 9 nitrogen and oxygen atoms in total.